The maximum absolute atomic E-state index is 12.7. The normalized spacial score (nSPS) is 17.9. The molecule has 2 aromatic carbocycles. The van der Waals surface area contributed by atoms with Crippen LogP contribution in [0, 0.1) is 0 Å². The predicted molar refractivity (Wildman–Crippen MR) is 111 cm³/mol. The van der Waals surface area contributed by atoms with E-state index in [1.165, 1.54) is 0 Å². The SMILES string of the molecule is CC1CN(C(=O)C(N)Cc2ccccc2)CCN1C(=O)Nc1cccc(Cl)c1. The molecule has 0 bridgehead atoms. The second-order valence-electron chi connectivity index (χ2n) is 7.06. The molecule has 6 nitrogen and oxygen atoms in total. The summed E-state index contributed by atoms with van der Waals surface area (Å²) >= 11 is 5.96. The molecule has 0 spiro atoms. The quantitative estimate of drug-likeness (QED) is 0.828. The first-order valence-electron chi connectivity index (χ1n) is 9.35. The van der Waals surface area contributed by atoms with Crippen LogP contribution in [0.4, 0.5) is 10.5 Å². The van der Waals surface area contributed by atoms with Crippen molar-refractivity contribution >= 4 is 29.2 Å². The molecule has 1 aliphatic rings. The summed E-state index contributed by atoms with van der Waals surface area (Å²) in [5, 5.41) is 3.42. The van der Waals surface area contributed by atoms with Crippen LogP contribution in [-0.2, 0) is 11.2 Å². The monoisotopic (exact) mass is 400 g/mol. The van der Waals surface area contributed by atoms with Gasteiger partial charge in [-0.15, -0.1) is 0 Å². The number of piperazine rings is 1. The zero-order valence-corrected chi connectivity index (χ0v) is 16.6. The van der Waals surface area contributed by atoms with E-state index in [0.29, 0.717) is 36.8 Å². The van der Waals surface area contributed by atoms with Crippen molar-refractivity contribution in [2.24, 2.45) is 5.73 Å². The zero-order chi connectivity index (χ0) is 20.1. The van der Waals surface area contributed by atoms with E-state index in [1.54, 1.807) is 34.1 Å². The number of anilines is 1. The number of carbonyl (C=O) groups is 2. The molecule has 2 unspecified atom stereocenters. The molecule has 2 atom stereocenters. The molecule has 2 aromatic rings. The van der Waals surface area contributed by atoms with E-state index in [2.05, 4.69) is 5.32 Å². The summed E-state index contributed by atoms with van der Waals surface area (Å²) in [6, 6.07) is 15.9. The summed E-state index contributed by atoms with van der Waals surface area (Å²) in [5.74, 6) is -0.0781. The van der Waals surface area contributed by atoms with Crippen LogP contribution in [-0.4, -0.2) is 53.5 Å². The van der Waals surface area contributed by atoms with Gasteiger partial charge in [-0.05, 0) is 37.1 Å². The van der Waals surface area contributed by atoms with E-state index in [-0.39, 0.29) is 18.0 Å². The number of nitrogens with zero attached hydrogens (tertiary/aromatic N) is 2. The summed E-state index contributed by atoms with van der Waals surface area (Å²) in [4.78, 5) is 28.8. The Labute approximate surface area is 170 Å². The smallest absolute Gasteiger partial charge is 0.322 e. The molecule has 0 aliphatic carbocycles. The fourth-order valence-electron chi connectivity index (χ4n) is 3.41. The van der Waals surface area contributed by atoms with Gasteiger partial charge in [0, 0.05) is 36.4 Å². The number of hydrogen-bond donors (Lipinski definition) is 2. The van der Waals surface area contributed by atoms with Crippen LogP contribution in [0.2, 0.25) is 5.02 Å². The third kappa shape index (κ3) is 5.03. The van der Waals surface area contributed by atoms with Gasteiger partial charge in [-0.3, -0.25) is 4.79 Å². The highest BCUT2D eigenvalue weighted by Crippen LogP contribution is 2.17. The Morgan fingerprint density at radius 1 is 1.18 bits per heavy atom. The molecule has 1 fully saturated rings. The lowest BCUT2D eigenvalue weighted by molar-refractivity contribution is -0.134. The molecule has 1 aliphatic heterocycles. The molecule has 3 N–H and O–H groups in total. The number of rotatable bonds is 4. The zero-order valence-electron chi connectivity index (χ0n) is 15.8. The maximum Gasteiger partial charge on any atom is 0.322 e. The predicted octanol–water partition coefficient (Wildman–Crippen LogP) is 2.97. The van der Waals surface area contributed by atoms with Crippen molar-refractivity contribution < 1.29 is 9.59 Å². The third-order valence-corrected chi connectivity index (χ3v) is 5.13. The molecular formula is C21H25ClN4O2. The van der Waals surface area contributed by atoms with Crippen molar-refractivity contribution in [1.82, 2.24) is 9.80 Å². The summed E-state index contributed by atoms with van der Waals surface area (Å²) in [7, 11) is 0. The molecule has 3 amide bonds. The second-order valence-corrected chi connectivity index (χ2v) is 7.50. The van der Waals surface area contributed by atoms with E-state index in [9.17, 15) is 9.59 Å². The number of halogens is 1. The molecule has 1 heterocycles. The van der Waals surface area contributed by atoms with Gasteiger partial charge in [-0.2, -0.15) is 0 Å². The van der Waals surface area contributed by atoms with Crippen LogP contribution in [0.3, 0.4) is 0 Å². The largest absolute Gasteiger partial charge is 0.338 e. The lowest BCUT2D eigenvalue weighted by Gasteiger charge is -2.40. The average molecular weight is 401 g/mol. The highest BCUT2D eigenvalue weighted by atomic mass is 35.5. The van der Waals surface area contributed by atoms with Crippen LogP contribution in [0.1, 0.15) is 12.5 Å². The molecular weight excluding hydrogens is 376 g/mol. The standard InChI is InChI=1S/C21H25ClN4O2/c1-15-14-25(20(27)19(23)12-16-6-3-2-4-7-16)10-11-26(15)21(28)24-18-9-5-8-17(22)13-18/h2-9,13,15,19H,10-12,14,23H2,1H3,(H,24,28). The number of benzene rings is 2. The summed E-state index contributed by atoms with van der Waals surface area (Å²) < 4.78 is 0. The summed E-state index contributed by atoms with van der Waals surface area (Å²) in [5.41, 5.74) is 7.82. The van der Waals surface area contributed by atoms with Gasteiger partial charge in [0.1, 0.15) is 0 Å². The van der Waals surface area contributed by atoms with Crippen LogP contribution in [0.15, 0.2) is 54.6 Å². The van der Waals surface area contributed by atoms with Crippen LogP contribution < -0.4 is 11.1 Å². The minimum atomic E-state index is -0.582. The van der Waals surface area contributed by atoms with Crippen molar-refractivity contribution in [1.29, 1.82) is 0 Å². The highest BCUT2D eigenvalue weighted by molar-refractivity contribution is 6.30. The molecule has 0 aromatic heterocycles. The van der Waals surface area contributed by atoms with Crippen LogP contribution in [0.25, 0.3) is 0 Å². The van der Waals surface area contributed by atoms with Gasteiger partial charge in [-0.25, -0.2) is 4.79 Å². The summed E-state index contributed by atoms with van der Waals surface area (Å²) in [6.07, 6.45) is 0.503. The first kappa shape index (κ1) is 20.2. The molecule has 7 heteroatoms. The Hall–Kier alpha value is -2.57. The van der Waals surface area contributed by atoms with Crippen molar-refractivity contribution in [3.63, 3.8) is 0 Å². The van der Waals surface area contributed by atoms with Gasteiger partial charge >= 0.3 is 6.03 Å². The van der Waals surface area contributed by atoms with E-state index >= 15 is 0 Å². The van der Waals surface area contributed by atoms with E-state index in [1.807, 2.05) is 37.3 Å². The van der Waals surface area contributed by atoms with Crippen molar-refractivity contribution in [3.05, 3.63) is 65.2 Å². The van der Waals surface area contributed by atoms with Gasteiger partial charge in [0.15, 0.2) is 0 Å². The third-order valence-electron chi connectivity index (χ3n) is 4.89. The number of nitrogens with one attached hydrogen (secondary N) is 1. The highest BCUT2D eigenvalue weighted by Gasteiger charge is 2.31. The number of amides is 3. The van der Waals surface area contributed by atoms with Gasteiger partial charge in [0.2, 0.25) is 5.91 Å². The van der Waals surface area contributed by atoms with Gasteiger partial charge in [0.05, 0.1) is 6.04 Å². The van der Waals surface area contributed by atoms with E-state index < -0.39 is 6.04 Å². The number of hydrogen-bond acceptors (Lipinski definition) is 3. The van der Waals surface area contributed by atoms with Crippen molar-refractivity contribution in [3.8, 4) is 0 Å². The minimum Gasteiger partial charge on any atom is -0.338 e. The van der Waals surface area contributed by atoms with Gasteiger partial charge in [0.25, 0.3) is 0 Å². The topological polar surface area (TPSA) is 78.7 Å². The molecule has 0 radical (unpaired) electrons. The number of nitrogens with two attached hydrogens (primary N) is 1. The van der Waals surface area contributed by atoms with Crippen LogP contribution in [0.5, 0.6) is 0 Å². The molecule has 1 saturated heterocycles. The Bertz CT molecular complexity index is 830. The first-order valence-corrected chi connectivity index (χ1v) is 9.73. The van der Waals surface area contributed by atoms with Gasteiger partial charge < -0.3 is 20.9 Å². The lowest BCUT2D eigenvalue weighted by Crippen LogP contribution is -2.59. The van der Waals surface area contributed by atoms with Crippen molar-refractivity contribution in [2.75, 3.05) is 25.0 Å². The molecule has 0 saturated carbocycles. The maximum atomic E-state index is 12.7. The molecule has 3 rings (SSSR count). The fraction of sp³-hybridized carbons (Fsp3) is 0.333. The number of urea groups is 1. The molecule has 28 heavy (non-hydrogen) atoms. The fourth-order valence-corrected chi connectivity index (χ4v) is 3.60. The Kier molecular flexibility index (Phi) is 6.54. The summed E-state index contributed by atoms with van der Waals surface area (Å²) in [6.45, 7) is 3.32. The molecule has 148 valence electrons. The Morgan fingerprint density at radius 2 is 1.93 bits per heavy atom. The minimum absolute atomic E-state index is 0.0781. The van der Waals surface area contributed by atoms with Gasteiger partial charge in [-0.1, -0.05) is 48.0 Å². The van der Waals surface area contributed by atoms with E-state index in [0.717, 1.165) is 5.56 Å². The Morgan fingerprint density at radius 3 is 2.61 bits per heavy atom. The first-order chi connectivity index (χ1) is 13.4. The lowest BCUT2D eigenvalue weighted by atomic mass is 10.0. The van der Waals surface area contributed by atoms with E-state index in [4.69, 9.17) is 17.3 Å². The van der Waals surface area contributed by atoms with Crippen LogP contribution >= 0.6 is 11.6 Å². The average Bonchev–Trinajstić information content (AvgIpc) is 2.68. The Balaban J connectivity index is 1.55. The number of carbonyl (C=O) groups excluding carboxylic acids is 2. The second kappa shape index (κ2) is 9.08. The van der Waals surface area contributed by atoms with Crippen molar-refractivity contribution in [2.45, 2.75) is 25.4 Å².